The Morgan fingerprint density at radius 3 is 2.60 bits per heavy atom. The molecule has 0 heterocycles. The summed E-state index contributed by atoms with van der Waals surface area (Å²) in [6.07, 6.45) is -5.44. The molecule has 1 aromatic rings. The van der Waals surface area contributed by atoms with Crippen molar-refractivity contribution >= 4 is 18.6 Å². The van der Waals surface area contributed by atoms with Gasteiger partial charge in [0.2, 0.25) is 0 Å². The lowest BCUT2D eigenvalue weighted by molar-refractivity contribution is -0.275. The second-order valence-corrected chi connectivity index (χ2v) is 4.06. The number of thiol groups is 1. The highest BCUT2D eigenvalue weighted by Crippen LogP contribution is 2.34. The Morgan fingerprint density at radius 1 is 1.45 bits per heavy atom. The van der Waals surface area contributed by atoms with Crippen LogP contribution in [0.25, 0.3) is 0 Å². The van der Waals surface area contributed by atoms with Crippen LogP contribution < -0.4 is 4.74 Å². The molecule has 4 nitrogen and oxygen atoms in total. The average molecular weight is 305 g/mol. The van der Waals surface area contributed by atoms with Crippen molar-refractivity contribution in [1.29, 1.82) is 5.26 Å². The van der Waals surface area contributed by atoms with E-state index < -0.39 is 24.5 Å². The molecule has 0 fully saturated rings. The predicted molar refractivity (Wildman–Crippen MR) is 65.4 cm³/mol. The lowest BCUT2D eigenvalue weighted by Gasteiger charge is -2.15. The molecule has 0 N–H and O–H groups in total. The summed E-state index contributed by atoms with van der Waals surface area (Å²) in [5.74, 6) is -1.45. The molecule has 0 amide bonds. The molecular weight excluding hydrogens is 295 g/mol. The summed E-state index contributed by atoms with van der Waals surface area (Å²) in [6.45, 7) is 1.66. The van der Waals surface area contributed by atoms with Gasteiger partial charge in [0.05, 0.1) is 18.6 Å². The summed E-state index contributed by atoms with van der Waals surface area (Å²) in [5, 5.41) is 8.83. The number of esters is 1. The van der Waals surface area contributed by atoms with Crippen molar-refractivity contribution in [2.45, 2.75) is 24.6 Å². The molecule has 0 bridgehead atoms. The van der Waals surface area contributed by atoms with Crippen molar-refractivity contribution in [3.8, 4) is 11.8 Å². The van der Waals surface area contributed by atoms with E-state index in [9.17, 15) is 18.0 Å². The number of alkyl halides is 3. The number of benzene rings is 1. The summed E-state index contributed by atoms with van der Waals surface area (Å²) in [4.78, 5) is 11.5. The van der Waals surface area contributed by atoms with Crippen molar-refractivity contribution < 1.29 is 27.4 Å². The maximum atomic E-state index is 12.4. The number of nitriles is 1. The van der Waals surface area contributed by atoms with Crippen LogP contribution in [-0.2, 0) is 16.0 Å². The Hall–Kier alpha value is -1.88. The van der Waals surface area contributed by atoms with E-state index in [2.05, 4.69) is 22.1 Å². The Balaban J connectivity index is 3.26. The third kappa shape index (κ3) is 4.35. The van der Waals surface area contributed by atoms with Crippen LogP contribution in [-0.4, -0.2) is 18.9 Å². The largest absolute Gasteiger partial charge is 0.573 e. The Kier molecular flexibility index (Phi) is 5.27. The summed E-state index contributed by atoms with van der Waals surface area (Å²) in [5.41, 5.74) is -0.470. The molecule has 0 unspecified atom stereocenters. The fourth-order valence-corrected chi connectivity index (χ4v) is 1.72. The van der Waals surface area contributed by atoms with Gasteiger partial charge in [-0.05, 0) is 19.1 Å². The van der Waals surface area contributed by atoms with E-state index in [0.29, 0.717) is 0 Å². The van der Waals surface area contributed by atoms with Gasteiger partial charge in [0.25, 0.3) is 0 Å². The van der Waals surface area contributed by atoms with Gasteiger partial charge in [-0.3, -0.25) is 4.79 Å². The van der Waals surface area contributed by atoms with Crippen LogP contribution in [0.1, 0.15) is 18.1 Å². The van der Waals surface area contributed by atoms with Crippen molar-refractivity contribution in [2.24, 2.45) is 0 Å². The van der Waals surface area contributed by atoms with E-state index in [1.165, 1.54) is 6.07 Å². The zero-order valence-corrected chi connectivity index (χ0v) is 11.2. The van der Waals surface area contributed by atoms with Crippen LogP contribution in [0.2, 0.25) is 0 Å². The lowest BCUT2D eigenvalue weighted by Crippen LogP contribution is -2.20. The van der Waals surface area contributed by atoms with Gasteiger partial charge in [-0.1, -0.05) is 0 Å². The molecule has 108 valence electrons. The van der Waals surface area contributed by atoms with Gasteiger partial charge < -0.3 is 9.47 Å². The second-order valence-electron chi connectivity index (χ2n) is 3.58. The molecule has 0 saturated carbocycles. The Bertz CT molecular complexity index is 552. The zero-order chi connectivity index (χ0) is 15.3. The molecule has 1 rings (SSSR count). The number of halogens is 3. The average Bonchev–Trinajstić information content (AvgIpc) is 2.32. The highest BCUT2D eigenvalue weighted by molar-refractivity contribution is 7.80. The molecular formula is C12H10F3NO3S. The van der Waals surface area contributed by atoms with Gasteiger partial charge in [-0.25, -0.2) is 0 Å². The standard InChI is InChI=1S/C12H10F3NO3S/c1-2-18-10(17)5-8-9(20)4-3-7(6-16)11(8)19-12(13,14)15/h3-4,20H,2,5H2,1H3. The van der Waals surface area contributed by atoms with E-state index in [4.69, 9.17) is 5.26 Å². The van der Waals surface area contributed by atoms with E-state index in [1.54, 1.807) is 13.0 Å². The van der Waals surface area contributed by atoms with Gasteiger partial charge in [-0.2, -0.15) is 5.26 Å². The first-order chi connectivity index (χ1) is 9.28. The SMILES string of the molecule is CCOC(=O)Cc1c(S)ccc(C#N)c1OC(F)(F)F. The summed E-state index contributed by atoms with van der Waals surface area (Å²) in [6, 6.07) is 4.04. The second kappa shape index (κ2) is 6.52. The normalized spacial score (nSPS) is 10.8. The van der Waals surface area contributed by atoms with Crippen molar-refractivity contribution in [1.82, 2.24) is 0 Å². The molecule has 8 heteroatoms. The number of carbonyl (C=O) groups excluding carboxylic acids is 1. The van der Waals surface area contributed by atoms with Crippen LogP contribution in [0.15, 0.2) is 17.0 Å². The minimum absolute atomic E-state index is 0.0914. The lowest BCUT2D eigenvalue weighted by atomic mass is 10.1. The molecule has 20 heavy (non-hydrogen) atoms. The minimum atomic E-state index is -4.98. The molecule has 1 aromatic carbocycles. The zero-order valence-electron chi connectivity index (χ0n) is 10.3. The van der Waals surface area contributed by atoms with Crippen molar-refractivity contribution in [3.63, 3.8) is 0 Å². The highest BCUT2D eigenvalue weighted by atomic mass is 32.1. The first-order valence-corrected chi connectivity index (χ1v) is 5.89. The minimum Gasteiger partial charge on any atom is -0.466 e. The maximum Gasteiger partial charge on any atom is 0.573 e. The summed E-state index contributed by atoms with van der Waals surface area (Å²) in [7, 11) is 0. The van der Waals surface area contributed by atoms with E-state index >= 15 is 0 Å². The van der Waals surface area contributed by atoms with Crippen LogP contribution in [0.3, 0.4) is 0 Å². The monoisotopic (exact) mass is 305 g/mol. The van der Waals surface area contributed by atoms with Crippen LogP contribution in [0, 0.1) is 11.3 Å². The third-order valence-electron chi connectivity index (χ3n) is 2.20. The number of rotatable bonds is 4. The van der Waals surface area contributed by atoms with Crippen molar-refractivity contribution in [2.75, 3.05) is 6.61 Å². The van der Waals surface area contributed by atoms with Crippen molar-refractivity contribution in [3.05, 3.63) is 23.3 Å². The fourth-order valence-electron chi connectivity index (χ4n) is 1.46. The van der Waals surface area contributed by atoms with Gasteiger partial charge in [0.1, 0.15) is 6.07 Å². The fraction of sp³-hybridized carbons (Fsp3) is 0.333. The van der Waals surface area contributed by atoms with Crippen LogP contribution in [0.4, 0.5) is 13.2 Å². The summed E-state index contributed by atoms with van der Waals surface area (Å²) >= 11 is 3.98. The molecule has 0 aliphatic rings. The van der Waals surface area contributed by atoms with Gasteiger partial charge in [-0.15, -0.1) is 25.8 Å². The molecule has 0 atom stereocenters. The smallest absolute Gasteiger partial charge is 0.466 e. The molecule has 0 saturated heterocycles. The first kappa shape index (κ1) is 16.2. The van der Waals surface area contributed by atoms with Crippen LogP contribution >= 0.6 is 12.6 Å². The Labute approximate surface area is 118 Å². The third-order valence-corrected chi connectivity index (χ3v) is 2.62. The van der Waals surface area contributed by atoms with E-state index in [1.807, 2.05) is 0 Å². The predicted octanol–water partition coefficient (Wildman–Crippen LogP) is 2.85. The van der Waals surface area contributed by atoms with E-state index in [0.717, 1.165) is 6.07 Å². The highest BCUT2D eigenvalue weighted by Gasteiger charge is 2.34. The van der Waals surface area contributed by atoms with Crippen LogP contribution in [0.5, 0.6) is 5.75 Å². The van der Waals surface area contributed by atoms with Gasteiger partial charge in [0.15, 0.2) is 5.75 Å². The molecule has 0 aliphatic carbocycles. The molecule has 0 aliphatic heterocycles. The topological polar surface area (TPSA) is 59.3 Å². The summed E-state index contributed by atoms with van der Waals surface area (Å²) < 4.78 is 45.6. The first-order valence-electron chi connectivity index (χ1n) is 5.44. The Morgan fingerprint density at radius 2 is 2.10 bits per heavy atom. The van der Waals surface area contributed by atoms with Gasteiger partial charge in [0, 0.05) is 10.5 Å². The maximum absolute atomic E-state index is 12.4. The van der Waals surface area contributed by atoms with E-state index in [-0.39, 0.29) is 22.6 Å². The van der Waals surface area contributed by atoms with Gasteiger partial charge >= 0.3 is 12.3 Å². The molecule has 0 radical (unpaired) electrons. The molecule has 0 aromatic heterocycles. The number of carbonyl (C=O) groups is 1. The number of hydrogen-bond acceptors (Lipinski definition) is 5. The quantitative estimate of drug-likeness (QED) is 0.686. The molecule has 0 spiro atoms. The number of ether oxygens (including phenoxy) is 2. The number of nitrogens with zero attached hydrogens (tertiary/aromatic N) is 1. The number of hydrogen-bond donors (Lipinski definition) is 1.